The zero-order valence-electron chi connectivity index (χ0n) is 11.7. The maximum Gasteiger partial charge on any atom is 0.546 e. The summed E-state index contributed by atoms with van der Waals surface area (Å²) in [7, 11) is -2.38. The second-order valence-corrected chi connectivity index (χ2v) is 5.74. The summed E-state index contributed by atoms with van der Waals surface area (Å²) in [4.78, 5) is 20.3. The van der Waals surface area contributed by atoms with Gasteiger partial charge in [0.15, 0.2) is 0 Å². The van der Waals surface area contributed by atoms with Crippen LogP contribution in [0.4, 0.5) is 0 Å². The molecule has 1 atom stereocenters. The molecule has 0 aliphatic carbocycles. The van der Waals surface area contributed by atoms with Gasteiger partial charge >= 0.3 is 8.03 Å². The molecule has 21 heavy (non-hydrogen) atoms. The normalized spacial score (nSPS) is 11.0. The van der Waals surface area contributed by atoms with Gasteiger partial charge in [0, 0.05) is 12.0 Å². The quantitative estimate of drug-likeness (QED) is 0.833. The molecule has 2 aromatic carbocycles. The Kier molecular flexibility index (Phi) is 5.20. The molecule has 2 aromatic rings. The third kappa shape index (κ3) is 4.48. The molecule has 0 bridgehead atoms. The molecule has 0 aliphatic heterocycles. The van der Waals surface area contributed by atoms with Crippen molar-refractivity contribution in [2.24, 2.45) is 0 Å². The van der Waals surface area contributed by atoms with Gasteiger partial charge < -0.3 is 4.74 Å². The maximum atomic E-state index is 11.2. The van der Waals surface area contributed by atoms with E-state index in [1.54, 1.807) is 43.3 Å². The smallest absolute Gasteiger partial charge is 0.489 e. The monoisotopic (exact) mass is 303 g/mol. The highest BCUT2D eigenvalue weighted by atomic mass is 31.1. The van der Waals surface area contributed by atoms with Gasteiger partial charge in [-0.1, -0.05) is 30.3 Å². The fourth-order valence-electron chi connectivity index (χ4n) is 1.97. The molecule has 0 saturated carbocycles. The van der Waals surface area contributed by atoms with Crippen molar-refractivity contribution in [2.45, 2.75) is 20.0 Å². The van der Waals surface area contributed by atoms with Crippen molar-refractivity contribution in [3.63, 3.8) is 0 Å². The number of hydrogen-bond acceptors (Lipinski definition) is 3. The Hall–Kier alpha value is -2.03. The van der Waals surface area contributed by atoms with E-state index >= 15 is 0 Å². The summed E-state index contributed by atoms with van der Waals surface area (Å²) in [5, 5.41) is 0.390. The minimum absolute atomic E-state index is 0.115. The van der Waals surface area contributed by atoms with E-state index in [2.05, 4.69) is 0 Å². The van der Waals surface area contributed by atoms with Gasteiger partial charge in [-0.15, -0.1) is 0 Å². The van der Waals surface area contributed by atoms with Gasteiger partial charge in [-0.3, -0.25) is 4.79 Å². The zero-order chi connectivity index (χ0) is 15.2. The van der Waals surface area contributed by atoms with Gasteiger partial charge in [0.25, 0.3) is 0 Å². The minimum atomic E-state index is -2.38. The van der Waals surface area contributed by atoms with Crippen molar-refractivity contribution in [1.29, 1.82) is 0 Å². The van der Waals surface area contributed by atoms with E-state index in [0.717, 1.165) is 5.56 Å². The highest BCUT2D eigenvalue weighted by Gasteiger charge is 2.20. The van der Waals surface area contributed by atoms with Crippen LogP contribution >= 0.6 is 8.03 Å². The van der Waals surface area contributed by atoms with E-state index in [4.69, 9.17) is 4.74 Å². The fourth-order valence-corrected chi connectivity index (χ4v) is 2.57. The van der Waals surface area contributed by atoms with Crippen molar-refractivity contribution in [2.75, 3.05) is 0 Å². The molecule has 2 rings (SSSR count). The molecule has 0 aliphatic rings. The molecule has 0 saturated heterocycles. The average Bonchev–Trinajstić information content (AvgIpc) is 2.46. The van der Waals surface area contributed by atoms with Crippen LogP contribution in [0.15, 0.2) is 48.5 Å². The van der Waals surface area contributed by atoms with Gasteiger partial charge in [-0.25, -0.2) is 0 Å². The van der Waals surface area contributed by atoms with Crippen molar-refractivity contribution in [1.82, 2.24) is 0 Å². The number of carbonyl (C=O) groups is 1. The number of benzene rings is 2. The van der Waals surface area contributed by atoms with E-state index in [9.17, 15) is 14.3 Å². The molecule has 1 unspecified atom stereocenters. The van der Waals surface area contributed by atoms with E-state index in [1.807, 2.05) is 12.1 Å². The largest absolute Gasteiger partial charge is 0.546 e. The van der Waals surface area contributed by atoms with Crippen LogP contribution in [-0.4, -0.2) is 10.7 Å². The number of rotatable bonds is 6. The highest BCUT2D eigenvalue weighted by molar-refractivity contribution is 7.47. The second-order valence-electron chi connectivity index (χ2n) is 4.71. The van der Waals surface area contributed by atoms with E-state index in [-0.39, 0.29) is 12.4 Å². The predicted octanol–water partition coefficient (Wildman–Crippen LogP) is 2.76. The molecular weight excluding hydrogens is 287 g/mol. The fraction of sp³-hybridized carbons (Fsp3) is 0.188. The van der Waals surface area contributed by atoms with Crippen LogP contribution in [0.5, 0.6) is 5.75 Å². The van der Waals surface area contributed by atoms with Crippen LogP contribution < -0.4 is 10.0 Å². The van der Waals surface area contributed by atoms with Crippen molar-refractivity contribution in [3.8, 4) is 5.75 Å². The summed E-state index contributed by atoms with van der Waals surface area (Å²) in [6.45, 7) is 1.78. The number of Topliss-reactive ketones (excluding diaryl/α,β-unsaturated/α-hetero) is 1. The molecule has 0 spiro atoms. The molecule has 0 radical (unpaired) electrons. The highest BCUT2D eigenvalue weighted by Crippen LogP contribution is 2.19. The van der Waals surface area contributed by atoms with Gasteiger partial charge in [0.1, 0.15) is 18.1 Å². The number of ether oxygens (including phenoxy) is 1. The Morgan fingerprint density at radius 2 is 1.81 bits per heavy atom. The van der Waals surface area contributed by atoms with Crippen molar-refractivity contribution >= 4 is 19.1 Å². The minimum Gasteiger partial charge on any atom is -0.489 e. The lowest BCUT2D eigenvalue weighted by atomic mass is 10.1. The summed E-state index contributed by atoms with van der Waals surface area (Å²) in [5.74, 6) is 0.773. The van der Waals surface area contributed by atoms with Gasteiger partial charge in [-0.05, 0) is 35.3 Å². The Labute approximate surface area is 124 Å². The number of carbonyl (C=O) groups excluding carboxylic acids is 1. The van der Waals surface area contributed by atoms with E-state index in [1.165, 1.54) is 0 Å². The molecule has 108 valence electrons. The van der Waals surface area contributed by atoms with Crippen molar-refractivity contribution in [3.05, 3.63) is 59.7 Å². The molecular formula is C16H16O4P+. The SMILES string of the molecule is CC(=O)Cc1ccc(OCc2ccccc2[P+](=O)O)cc1. The Balaban J connectivity index is 2.03. The molecule has 5 heteroatoms. The standard InChI is InChI=1S/C16H15O4P/c1-12(17)10-13-6-8-15(9-7-13)20-11-14-4-2-3-5-16(14)21(18)19/h2-9H,10-11H2,1H3/p+1. The molecule has 4 nitrogen and oxygen atoms in total. The van der Waals surface area contributed by atoms with Crippen LogP contribution in [0.3, 0.4) is 0 Å². The summed E-state index contributed by atoms with van der Waals surface area (Å²) in [6, 6.07) is 14.2. The zero-order valence-corrected chi connectivity index (χ0v) is 12.5. The van der Waals surface area contributed by atoms with Crippen LogP contribution in [0.2, 0.25) is 0 Å². The molecule has 0 amide bonds. The molecule has 0 aromatic heterocycles. The van der Waals surface area contributed by atoms with Gasteiger partial charge in [-0.2, -0.15) is 4.89 Å². The summed E-state index contributed by atoms with van der Waals surface area (Å²) >= 11 is 0. The van der Waals surface area contributed by atoms with E-state index in [0.29, 0.717) is 23.0 Å². The first kappa shape index (κ1) is 15.4. The Bertz CT molecular complexity index is 650. The molecule has 0 heterocycles. The lowest BCUT2D eigenvalue weighted by molar-refractivity contribution is -0.116. The average molecular weight is 303 g/mol. The van der Waals surface area contributed by atoms with Crippen LogP contribution in [0.1, 0.15) is 18.1 Å². The van der Waals surface area contributed by atoms with E-state index < -0.39 is 8.03 Å². The van der Waals surface area contributed by atoms with Crippen LogP contribution in [0, 0.1) is 0 Å². The summed E-state index contributed by atoms with van der Waals surface area (Å²) in [5.41, 5.74) is 1.63. The topological polar surface area (TPSA) is 63.6 Å². The summed E-state index contributed by atoms with van der Waals surface area (Å²) < 4.78 is 16.9. The lowest BCUT2D eigenvalue weighted by Crippen LogP contribution is -2.08. The summed E-state index contributed by atoms with van der Waals surface area (Å²) in [6.07, 6.45) is 0.411. The Morgan fingerprint density at radius 3 is 2.43 bits per heavy atom. The van der Waals surface area contributed by atoms with Crippen LogP contribution in [-0.2, 0) is 22.4 Å². The first-order valence-electron chi connectivity index (χ1n) is 6.51. The Morgan fingerprint density at radius 1 is 1.14 bits per heavy atom. The molecule has 0 fully saturated rings. The number of ketones is 1. The third-order valence-electron chi connectivity index (χ3n) is 2.97. The van der Waals surface area contributed by atoms with Crippen LogP contribution in [0.25, 0.3) is 0 Å². The maximum absolute atomic E-state index is 11.2. The first-order valence-corrected chi connectivity index (χ1v) is 7.72. The van der Waals surface area contributed by atoms with Gasteiger partial charge in [0.05, 0.1) is 0 Å². The van der Waals surface area contributed by atoms with Crippen molar-refractivity contribution < 1.29 is 19.0 Å². The second kappa shape index (κ2) is 7.11. The molecule has 1 N–H and O–H groups in total. The van der Waals surface area contributed by atoms with Gasteiger partial charge in [0.2, 0.25) is 5.30 Å². The lowest BCUT2D eigenvalue weighted by Gasteiger charge is -2.07. The predicted molar refractivity (Wildman–Crippen MR) is 81.1 cm³/mol. The first-order chi connectivity index (χ1) is 10.1. The third-order valence-corrected chi connectivity index (χ3v) is 3.82. The number of hydrogen-bond donors (Lipinski definition) is 1.